The highest BCUT2D eigenvalue weighted by atomic mass is 79.9. The van der Waals surface area contributed by atoms with Crippen LogP contribution in [0.15, 0.2) is 63.5 Å². The predicted octanol–water partition coefficient (Wildman–Crippen LogP) is 5.11. The van der Waals surface area contributed by atoms with Crippen LogP contribution in [0.2, 0.25) is 5.02 Å². The number of amides is 1. The van der Waals surface area contributed by atoms with Crippen molar-refractivity contribution in [1.82, 2.24) is 0 Å². The van der Waals surface area contributed by atoms with Gasteiger partial charge in [0, 0.05) is 21.3 Å². The largest absolute Gasteiger partial charge is 0.459 e. The van der Waals surface area contributed by atoms with Gasteiger partial charge in [-0.15, -0.1) is 0 Å². The number of rotatable bonds is 4. The second-order valence-electron chi connectivity index (χ2n) is 5.08. The van der Waals surface area contributed by atoms with Crippen LogP contribution in [-0.4, -0.2) is 11.0 Å². The molecule has 0 saturated heterocycles. The zero-order valence-electron chi connectivity index (χ0n) is 12.4. The number of halogens is 2. The van der Waals surface area contributed by atoms with Crippen LogP contribution in [0.3, 0.4) is 0 Å². The third-order valence-electron chi connectivity index (χ3n) is 3.39. The van der Waals surface area contributed by atoms with E-state index in [-0.39, 0.29) is 12.5 Å². The molecule has 2 aromatic carbocycles. The maximum Gasteiger partial charge on any atom is 0.255 e. The summed E-state index contributed by atoms with van der Waals surface area (Å²) in [5.74, 6) is 0.757. The summed E-state index contributed by atoms with van der Waals surface area (Å²) in [5.41, 5.74) is 1.78. The molecule has 0 aliphatic heterocycles. The van der Waals surface area contributed by atoms with Crippen LogP contribution in [0.25, 0.3) is 11.3 Å². The molecular weight excluding hydrogens is 394 g/mol. The third kappa shape index (κ3) is 3.70. The quantitative estimate of drug-likeness (QED) is 0.633. The Labute approximate surface area is 152 Å². The van der Waals surface area contributed by atoms with Crippen molar-refractivity contribution in [3.8, 4) is 11.3 Å². The van der Waals surface area contributed by atoms with E-state index in [1.54, 1.807) is 48.5 Å². The van der Waals surface area contributed by atoms with Gasteiger partial charge in [-0.25, -0.2) is 0 Å². The Hall–Kier alpha value is -2.08. The number of carbonyl (C=O) groups is 1. The number of aliphatic hydroxyl groups excluding tert-OH is 1. The molecule has 3 aromatic rings. The Bertz CT molecular complexity index is 891. The van der Waals surface area contributed by atoms with E-state index in [0.717, 1.165) is 4.47 Å². The minimum Gasteiger partial charge on any atom is -0.459 e. The Morgan fingerprint density at radius 1 is 1.17 bits per heavy atom. The molecule has 0 unspecified atom stereocenters. The van der Waals surface area contributed by atoms with E-state index in [0.29, 0.717) is 33.4 Å². The van der Waals surface area contributed by atoms with Gasteiger partial charge in [0.05, 0.1) is 5.02 Å². The summed E-state index contributed by atoms with van der Waals surface area (Å²) >= 11 is 9.56. The summed E-state index contributed by atoms with van der Waals surface area (Å²) in [4.78, 5) is 12.3. The van der Waals surface area contributed by atoms with Crippen LogP contribution in [0.5, 0.6) is 0 Å². The van der Waals surface area contributed by atoms with Crippen molar-refractivity contribution in [3.05, 3.63) is 75.4 Å². The van der Waals surface area contributed by atoms with Gasteiger partial charge in [0.1, 0.15) is 18.1 Å². The van der Waals surface area contributed by atoms with E-state index < -0.39 is 0 Å². The SMILES string of the molecule is O=C(Nc1ccc(Cl)c(-c2ccc(CO)o2)c1)c1cccc(Br)c1. The van der Waals surface area contributed by atoms with Crippen molar-refractivity contribution in [1.29, 1.82) is 0 Å². The minimum atomic E-state index is -0.222. The van der Waals surface area contributed by atoms with E-state index in [2.05, 4.69) is 21.2 Å². The minimum absolute atomic E-state index is 0.184. The summed E-state index contributed by atoms with van der Waals surface area (Å²) in [7, 11) is 0. The lowest BCUT2D eigenvalue weighted by atomic mass is 10.1. The maximum absolute atomic E-state index is 12.3. The number of carbonyl (C=O) groups excluding carboxylic acids is 1. The van der Waals surface area contributed by atoms with Crippen LogP contribution < -0.4 is 5.32 Å². The molecule has 0 aliphatic carbocycles. The second kappa shape index (κ2) is 7.21. The average Bonchev–Trinajstić information content (AvgIpc) is 3.05. The van der Waals surface area contributed by atoms with Gasteiger partial charge in [-0.2, -0.15) is 0 Å². The van der Waals surface area contributed by atoms with Crippen molar-refractivity contribution >= 4 is 39.1 Å². The van der Waals surface area contributed by atoms with Gasteiger partial charge in [-0.3, -0.25) is 4.79 Å². The van der Waals surface area contributed by atoms with E-state index in [4.69, 9.17) is 21.1 Å². The predicted molar refractivity (Wildman–Crippen MR) is 97.2 cm³/mol. The number of nitrogens with one attached hydrogen (secondary N) is 1. The molecule has 0 spiro atoms. The molecule has 122 valence electrons. The fraction of sp³-hybridized carbons (Fsp3) is 0.0556. The van der Waals surface area contributed by atoms with E-state index in [9.17, 15) is 4.79 Å². The zero-order chi connectivity index (χ0) is 17.1. The Morgan fingerprint density at radius 3 is 2.71 bits per heavy atom. The highest BCUT2D eigenvalue weighted by Gasteiger charge is 2.12. The molecule has 0 atom stereocenters. The van der Waals surface area contributed by atoms with Gasteiger partial charge >= 0.3 is 0 Å². The second-order valence-corrected chi connectivity index (χ2v) is 6.41. The summed E-state index contributed by atoms with van der Waals surface area (Å²) in [6, 6.07) is 15.7. The molecule has 4 nitrogen and oxygen atoms in total. The van der Waals surface area contributed by atoms with Crippen LogP contribution in [0.4, 0.5) is 5.69 Å². The molecule has 3 rings (SSSR count). The smallest absolute Gasteiger partial charge is 0.255 e. The third-order valence-corrected chi connectivity index (χ3v) is 4.22. The van der Waals surface area contributed by atoms with Crippen LogP contribution in [-0.2, 0) is 6.61 Å². The fourth-order valence-electron chi connectivity index (χ4n) is 2.23. The molecule has 1 amide bonds. The Morgan fingerprint density at radius 2 is 2.00 bits per heavy atom. The van der Waals surface area contributed by atoms with Gasteiger partial charge in [0.2, 0.25) is 0 Å². The fourth-order valence-corrected chi connectivity index (χ4v) is 2.84. The summed E-state index contributed by atoms with van der Waals surface area (Å²) in [5, 5.41) is 12.4. The molecule has 0 radical (unpaired) electrons. The first-order valence-electron chi connectivity index (χ1n) is 7.13. The zero-order valence-corrected chi connectivity index (χ0v) is 14.8. The Kier molecular flexibility index (Phi) is 5.04. The molecule has 1 aromatic heterocycles. The van der Waals surface area contributed by atoms with Crippen molar-refractivity contribution in [2.24, 2.45) is 0 Å². The standard InChI is InChI=1S/C18H13BrClNO3/c19-12-3-1-2-11(8-12)18(23)21-13-4-6-16(20)15(9-13)17-7-5-14(10-22)24-17/h1-9,22H,10H2,(H,21,23). The molecule has 0 fully saturated rings. The highest BCUT2D eigenvalue weighted by molar-refractivity contribution is 9.10. The molecule has 0 saturated carbocycles. The highest BCUT2D eigenvalue weighted by Crippen LogP contribution is 2.32. The maximum atomic E-state index is 12.3. The molecule has 24 heavy (non-hydrogen) atoms. The summed E-state index contributed by atoms with van der Waals surface area (Å²) < 4.78 is 6.34. The molecule has 0 bridgehead atoms. The van der Waals surface area contributed by atoms with Gasteiger partial charge in [-0.05, 0) is 48.5 Å². The van der Waals surface area contributed by atoms with E-state index in [1.165, 1.54) is 0 Å². The van der Waals surface area contributed by atoms with Crippen molar-refractivity contribution in [3.63, 3.8) is 0 Å². The molecular formula is C18H13BrClNO3. The van der Waals surface area contributed by atoms with Crippen LogP contribution >= 0.6 is 27.5 Å². The van der Waals surface area contributed by atoms with E-state index in [1.807, 2.05) is 6.07 Å². The molecule has 1 heterocycles. The van der Waals surface area contributed by atoms with Crippen molar-refractivity contribution in [2.45, 2.75) is 6.61 Å². The van der Waals surface area contributed by atoms with Gasteiger partial charge in [0.25, 0.3) is 5.91 Å². The van der Waals surface area contributed by atoms with Crippen LogP contribution in [0, 0.1) is 0 Å². The first-order chi connectivity index (χ1) is 11.6. The molecule has 6 heteroatoms. The lowest BCUT2D eigenvalue weighted by molar-refractivity contribution is 0.102. The monoisotopic (exact) mass is 405 g/mol. The van der Waals surface area contributed by atoms with Gasteiger partial charge < -0.3 is 14.8 Å². The number of hydrogen-bond acceptors (Lipinski definition) is 3. The topological polar surface area (TPSA) is 62.5 Å². The number of hydrogen-bond donors (Lipinski definition) is 2. The molecule has 0 aliphatic rings. The molecule has 2 N–H and O–H groups in total. The first-order valence-corrected chi connectivity index (χ1v) is 8.30. The Balaban J connectivity index is 1.87. The number of furan rings is 1. The summed E-state index contributed by atoms with van der Waals surface area (Å²) in [6.07, 6.45) is 0. The van der Waals surface area contributed by atoms with E-state index >= 15 is 0 Å². The number of anilines is 1. The average molecular weight is 407 g/mol. The number of benzene rings is 2. The number of aliphatic hydroxyl groups is 1. The lowest BCUT2D eigenvalue weighted by Crippen LogP contribution is -2.11. The van der Waals surface area contributed by atoms with Gasteiger partial charge in [-0.1, -0.05) is 33.6 Å². The lowest BCUT2D eigenvalue weighted by Gasteiger charge is -2.08. The van der Waals surface area contributed by atoms with Crippen molar-refractivity contribution in [2.75, 3.05) is 5.32 Å². The van der Waals surface area contributed by atoms with Gasteiger partial charge in [0.15, 0.2) is 0 Å². The normalized spacial score (nSPS) is 10.6. The van der Waals surface area contributed by atoms with Crippen LogP contribution in [0.1, 0.15) is 16.1 Å². The first kappa shape index (κ1) is 16.8. The summed E-state index contributed by atoms with van der Waals surface area (Å²) in [6.45, 7) is -0.184. The van der Waals surface area contributed by atoms with Crippen molar-refractivity contribution < 1.29 is 14.3 Å².